The lowest BCUT2D eigenvalue weighted by Gasteiger charge is -2.11. The number of nitrogens with one attached hydrogen (secondary N) is 1. The highest BCUT2D eigenvalue weighted by molar-refractivity contribution is 7.80. The molecule has 1 heterocycles. The molecule has 102 valence electrons. The lowest BCUT2D eigenvalue weighted by molar-refractivity contribution is 0.828. The van der Waals surface area contributed by atoms with Crippen LogP contribution in [-0.2, 0) is 6.42 Å². The quantitative estimate of drug-likeness (QED) is 0.848. The SMILES string of the molecule is CCCc1cc(=O)[nH]c(C(S)c2ccc(C#N)cc2)n1. The predicted octanol–water partition coefficient (Wildman–Crippen LogP) is 2.61. The molecule has 0 bridgehead atoms. The van der Waals surface area contributed by atoms with Gasteiger partial charge in [-0.05, 0) is 24.1 Å². The number of H-pyrrole nitrogens is 1. The Bertz CT molecular complexity index is 686. The smallest absolute Gasteiger partial charge is 0.251 e. The first-order chi connectivity index (χ1) is 9.63. The maximum atomic E-state index is 11.6. The zero-order valence-electron chi connectivity index (χ0n) is 11.1. The van der Waals surface area contributed by atoms with Gasteiger partial charge in [0.05, 0.1) is 16.9 Å². The van der Waals surface area contributed by atoms with E-state index in [1.54, 1.807) is 12.1 Å². The standard InChI is InChI=1S/C15H15N3OS/c1-2-3-12-8-13(19)18-15(17-12)14(20)11-6-4-10(9-16)5-7-11/h4-8,14,20H,2-3H2,1H3,(H,17,18,19). The molecule has 0 spiro atoms. The maximum absolute atomic E-state index is 11.6. The van der Waals surface area contributed by atoms with Crippen molar-refractivity contribution in [3.05, 3.63) is 63.3 Å². The molecular weight excluding hydrogens is 270 g/mol. The monoisotopic (exact) mass is 285 g/mol. The first-order valence-corrected chi connectivity index (χ1v) is 6.94. The number of benzene rings is 1. The zero-order valence-corrected chi connectivity index (χ0v) is 12.0. The summed E-state index contributed by atoms with van der Waals surface area (Å²) < 4.78 is 0. The molecule has 2 aromatic rings. The summed E-state index contributed by atoms with van der Waals surface area (Å²) in [7, 11) is 0. The zero-order chi connectivity index (χ0) is 14.5. The fourth-order valence-electron chi connectivity index (χ4n) is 1.94. The van der Waals surface area contributed by atoms with Crippen molar-refractivity contribution in [2.75, 3.05) is 0 Å². The lowest BCUT2D eigenvalue weighted by atomic mass is 10.1. The van der Waals surface area contributed by atoms with Gasteiger partial charge in [-0.1, -0.05) is 25.5 Å². The molecular formula is C15H15N3OS. The van der Waals surface area contributed by atoms with Gasteiger partial charge < -0.3 is 4.98 Å². The molecule has 1 aromatic carbocycles. The lowest BCUT2D eigenvalue weighted by Crippen LogP contribution is -2.14. The van der Waals surface area contributed by atoms with Crippen LogP contribution in [0.15, 0.2) is 35.1 Å². The van der Waals surface area contributed by atoms with Crippen molar-refractivity contribution in [3.63, 3.8) is 0 Å². The van der Waals surface area contributed by atoms with E-state index in [1.165, 1.54) is 6.07 Å². The summed E-state index contributed by atoms with van der Waals surface area (Å²) in [6.45, 7) is 2.04. The summed E-state index contributed by atoms with van der Waals surface area (Å²) in [6.07, 6.45) is 1.70. The normalized spacial score (nSPS) is 11.8. The number of aromatic nitrogens is 2. The molecule has 1 unspecified atom stereocenters. The molecule has 0 aliphatic rings. The summed E-state index contributed by atoms with van der Waals surface area (Å²) in [5.74, 6) is 0.536. The van der Waals surface area contributed by atoms with Crippen LogP contribution in [0.2, 0.25) is 0 Å². The van der Waals surface area contributed by atoms with E-state index in [-0.39, 0.29) is 10.8 Å². The molecule has 0 aliphatic carbocycles. The number of aryl methyl sites for hydroxylation is 1. The van der Waals surface area contributed by atoms with E-state index in [2.05, 4.69) is 28.7 Å². The van der Waals surface area contributed by atoms with Gasteiger partial charge in [-0.15, -0.1) is 0 Å². The Kier molecular flexibility index (Phi) is 4.59. The van der Waals surface area contributed by atoms with Crippen molar-refractivity contribution < 1.29 is 0 Å². The second-order valence-electron chi connectivity index (χ2n) is 4.51. The topological polar surface area (TPSA) is 69.5 Å². The molecule has 2 rings (SSSR count). The Hall–Kier alpha value is -2.06. The molecule has 0 aliphatic heterocycles. The summed E-state index contributed by atoms with van der Waals surface area (Å²) >= 11 is 4.52. The minimum atomic E-state index is -0.313. The van der Waals surface area contributed by atoms with E-state index in [0.717, 1.165) is 24.1 Å². The van der Waals surface area contributed by atoms with Crippen LogP contribution in [0.25, 0.3) is 0 Å². The van der Waals surface area contributed by atoms with Crippen LogP contribution in [0.3, 0.4) is 0 Å². The Balaban J connectivity index is 2.34. The Morgan fingerprint density at radius 1 is 1.40 bits per heavy atom. The molecule has 0 radical (unpaired) electrons. The van der Waals surface area contributed by atoms with Crippen LogP contribution in [0.4, 0.5) is 0 Å². The minimum absolute atomic E-state index is 0.161. The van der Waals surface area contributed by atoms with E-state index in [0.29, 0.717) is 11.4 Å². The molecule has 0 amide bonds. The molecule has 1 aromatic heterocycles. The molecule has 0 fully saturated rings. The highest BCUT2D eigenvalue weighted by Gasteiger charge is 2.13. The van der Waals surface area contributed by atoms with Gasteiger partial charge in [0, 0.05) is 11.8 Å². The van der Waals surface area contributed by atoms with Gasteiger partial charge >= 0.3 is 0 Å². The van der Waals surface area contributed by atoms with Crippen molar-refractivity contribution in [3.8, 4) is 6.07 Å². The van der Waals surface area contributed by atoms with Crippen LogP contribution >= 0.6 is 12.6 Å². The van der Waals surface area contributed by atoms with Crippen molar-refractivity contribution in [1.29, 1.82) is 5.26 Å². The van der Waals surface area contributed by atoms with Crippen molar-refractivity contribution >= 4 is 12.6 Å². The van der Waals surface area contributed by atoms with Gasteiger partial charge in [-0.2, -0.15) is 17.9 Å². The van der Waals surface area contributed by atoms with Crippen LogP contribution in [0, 0.1) is 11.3 Å². The molecule has 0 saturated heterocycles. The molecule has 5 heteroatoms. The second kappa shape index (κ2) is 6.40. The molecule has 20 heavy (non-hydrogen) atoms. The third-order valence-electron chi connectivity index (χ3n) is 2.93. The number of nitrogens with zero attached hydrogens (tertiary/aromatic N) is 2. The van der Waals surface area contributed by atoms with Crippen LogP contribution in [-0.4, -0.2) is 9.97 Å². The number of rotatable bonds is 4. The molecule has 4 nitrogen and oxygen atoms in total. The Morgan fingerprint density at radius 3 is 2.70 bits per heavy atom. The fraction of sp³-hybridized carbons (Fsp3) is 0.267. The van der Waals surface area contributed by atoms with Crippen molar-refractivity contribution in [2.45, 2.75) is 25.0 Å². The largest absolute Gasteiger partial charge is 0.309 e. The highest BCUT2D eigenvalue weighted by atomic mass is 32.1. The number of nitriles is 1. The summed E-state index contributed by atoms with van der Waals surface area (Å²) in [5, 5.41) is 8.47. The van der Waals surface area contributed by atoms with Gasteiger partial charge in [-0.3, -0.25) is 4.79 Å². The summed E-state index contributed by atoms with van der Waals surface area (Å²) in [4.78, 5) is 18.8. The van der Waals surface area contributed by atoms with Gasteiger partial charge in [-0.25, -0.2) is 4.98 Å². The van der Waals surface area contributed by atoms with Gasteiger partial charge in [0.2, 0.25) is 0 Å². The van der Waals surface area contributed by atoms with E-state index in [1.807, 2.05) is 19.1 Å². The first-order valence-electron chi connectivity index (χ1n) is 6.42. The third-order valence-corrected chi connectivity index (χ3v) is 3.48. The van der Waals surface area contributed by atoms with Gasteiger partial charge in [0.15, 0.2) is 0 Å². The van der Waals surface area contributed by atoms with Gasteiger partial charge in [0.25, 0.3) is 5.56 Å². The van der Waals surface area contributed by atoms with E-state index < -0.39 is 0 Å². The minimum Gasteiger partial charge on any atom is -0.309 e. The number of aromatic amines is 1. The maximum Gasteiger partial charge on any atom is 0.251 e. The number of hydrogen-bond donors (Lipinski definition) is 2. The van der Waals surface area contributed by atoms with Crippen molar-refractivity contribution in [2.24, 2.45) is 0 Å². The predicted molar refractivity (Wildman–Crippen MR) is 80.8 cm³/mol. The van der Waals surface area contributed by atoms with E-state index in [4.69, 9.17) is 5.26 Å². The fourth-order valence-corrected chi connectivity index (χ4v) is 2.23. The first kappa shape index (κ1) is 14.4. The highest BCUT2D eigenvalue weighted by Crippen LogP contribution is 2.25. The molecule has 1 atom stereocenters. The van der Waals surface area contributed by atoms with Gasteiger partial charge in [0.1, 0.15) is 5.82 Å². The summed E-state index contributed by atoms with van der Waals surface area (Å²) in [5.41, 5.74) is 2.10. The average molecular weight is 285 g/mol. The van der Waals surface area contributed by atoms with E-state index >= 15 is 0 Å². The van der Waals surface area contributed by atoms with E-state index in [9.17, 15) is 4.79 Å². The van der Waals surface area contributed by atoms with Crippen LogP contribution in [0.1, 0.15) is 41.2 Å². The second-order valence-corrected chi connectivity index (χ2v) is 5.02. The van der Waals surface area contributed by atoms with Crippen LogP contribution in [0.5, 0.6) is 0 Å². The summed E-state index contributed by atoms with van der Waals surface area (Å²) in [6, 6.07) is 10.7. The van der Waals surface area contributed by atoms with Crippen LogP contribution < -0.4 is 5.56 Å². The van der Waals surface area contributed by atoms with Crippen molar-refractivity contribution in [1.82, 2.24) is 9.97 Å². The molecule has 0 saturated carbocycles. The number of hydrogen-bond acceptors (Lipinski definition) is 4. The molecule has 1 N–H and O–H groups in total. The third kappa shape index (κ3) is 3.28. The Labute approximate surface area is 122 Å². The number of thiol groups is 1. The Morgan fingerprint density at radius 2 is 2.10 bits per heavy atom. The average Bonchev–Trinajstić information content (AvgIpc) is 2.46.